The molecular weight excluding hydrogens is 512 g/mol. The number of imidazole rings is 1. The number of aromatic nitrogens is 2. The molecule has 2 amide bonds. The maximum Gasteiger partial charge on any atom is 0.254 e. The van der Waals surface area contributed by atoms with Crippen molar-refractivity contribution < 1.29 is 9.59 Å². The van der Waals surface area contributed by atoms with E-state index in [1.165, 1.54) is 6.34 Å². The Morgan fingerprint density at radius 1 is 1.17 bits per heavy atom. The lowest BCUT2D eigenvalue weighted by Gasteiger charge is -2.34. The van der Waals surface area contributed by atoms with Crippen molar-refractivity contribution in [1.29, 1.82) is 0 Å². The van der Waals surface area contributed by atoms with Crippen LogP contribution in [0.15, 0.2) is 45.9 Å². The lowest BCUT2D eigenvalue weighted by Crippen LogP contribution is -2.59. The number of benzene rings is 2. The van der Waals surface area contributed by atoms with Crippen molar-refractivity contribution in [3.8, 4) is 0 Å². The number of H-pyrrole nitrogens is 1. The van der Waals surface area contributed by atoms with Crippen LogP contribution in [0, 0.1) is 6.92 Å². The minimum Gasteiger partial charge on any atom is -0.369 e. The van der Waals surface area contributed by atoms with E-state index in [2.05, 4.69) is 58.4 Å². The highest BCUT2D eigenvalue weighted by molar-refractivity contribution is 9.10. The van der Waals surface area contributed by atoms with Crippen molar-refractivity contribution in [1.82, 2.24) is 20.2 Å². The van der Waals surface area contributed by atoms with Crippen molar-refractivity contribution in [2.75, 3.05) is 43.4 Å². The van der Waals surface area contributed by atoms with Crippen molar-refractivity contribution in [2.45, 2.75) is 18.5 Å². The molecule has 1 saturated heterocycles. The highest BCUT2D eigenvalue weighted by Crippen LogP contribution is 2.34. The van der Waals surface area contributed by atoms with Gasteiger partial charge in [0, 0.05) is 36.3 Å². The summed E-state index contributed by atoms with van der Waals surface area (Å²) in [7, 11) is 2.12. The molecule has 2 aromatic carbocycles. The number of aliphatic imine (C=N–C) groups is 1. The number of anilines is 2. The Labute approximate surface area is 211 Å². The average Bonchev–Trinajstić information content (AvgIpc) is 3.45. The molecule has 2 atom stereocenters. The SMILES string of the molecule is Cc1ccc(Br)cc1C1(C(N)=O)NC=NC1C(=O)Nc1nc2ccc(N3CCN(C)CC3)cc2[nH]1. The van der Waals surface area contributed by atoms with Gasteiger partial charge >= 0.3 is 0 Å². The number of rotatable bonds is 5. The quantitative estimate of drug-likeness (QED) is 0.391. The second-order valence-electron chi connectivity index (χ2n) is 9.02. The number of nitrogens with zero attached hydrogens (tertiary/aromatic N) is 4. The third-order valence-electron chi connectivity index (χ3n) is 6.76. The Morgan fingerprint density at radius 3 is 2.69 bits per heavy atom. The van der Waals surface area contributed by atoms with Crippen molar-refractivity contribution in [2.24, 2.45) is 10.7 Å². The molecule has 5 rings (SSSR count). The van der Waals surface area contributed by atoms with Crippen LogP contribution in [0.1, 0.15) is 11.1 Å². The smallest absolute Gasteiger partial charge is 0.254 e. The Bertz CT molecular complexity index is 1330. The van der Waals surface area contributed by atoms with Crippen LogP contribution in [0.25, 0.3) is 11.0 Å². The Hall–Kier alpha value is -3.44. The van der Waals surface area contributed by atoms with E-state index < -0.39 is 23.4 Å². The number of nitrogens with two attached hydrogens (primary N) is 1. The van der Waals surface area contributed by atoms with Crippen LogP contribution in [0.5, 0.6) is 0 Å². The van der Waals surface area contributed by atoms with Gasteiger partial charge in [-0.3, -0.25) is 19.9 Å². The fourth-order valence-electron chi connectivity index (χ4n) is 4.75. The van der Waals surface area contributed by atoms with E-state index >= 15 is 0 Å². The number of amides is 2. The first-order valence-electron chi connectivity index (χ1n) is 11.4. The minimum absolute atomic E-state index is 0.284. The molecule has 1 aromatic heterocycles. The summed E-state index contributed by atoms with van der Waals surface area (Å²) in [5, 5.41) is 5.75. The number of aryl methyl sites for hydroxylation is 1. The monoisotopic (exact) mass is 538 g/mol. The maximum atomic E-state index is 13.4. The van der Waals surface area contributed by atoms with E-state index in [1.54, 1.807) is 6.07 Å². The Balaban J connectivity index is 1.41. The molecule has 3 aromatic rings. The molecule has 2 unspecified atom stereocenters. The first-order chi connectivity index (χ1) is 16.8. The van der Waals surface area contributed by atoms with E-state index in [-0.39, 0.29) is 5.95 Å². The van der Waals surface area contributed by atoms with Gasteiger partial charge in [-0.25, -0.2) is 4.98 Å². The molecule has 35 heavy (non-hydrogen) atoms. The largest absolute Gasteiger partial charge is 0.369 e. The van der Waals surface area contributed by atoms with E-state index in [4.69, 9.17) is 5.73 Å². The highest BCUT2D eigenvalue weighted by Gasteiger charge is 2.53. The van der Waals surface area contributed by atoms with Crippen LogP contribution in [0.4, 0.5) is 11.6 Å². The summed E-state index contributed by atoms with van der Waals surface area (Å²) in [6.45, 7) is 5.79. The Kier molecular flexibility index (Phi) is 5.97. The predicted molar refractivity (Wildman–Crippen MR) is 140 cm³/mol. The van der Waals surface area contributed by atoms with E-state index in [0.717, 1.165) is 52.9 Å². The van der Waals surface area contributed by atoms with Gasteiger partial charge in [-0.15, -0.1) is 0 Å². The third-order valence-corrected chi connectivity index (χ3v) is 7.26. The van der Waals surface area contributed by atoms with Crippen LogP contribution >= 0.6 is 15.9 Å². The van der Waals surface area contributed by atoms with E-state index in [1.807, 2.05) is 37.3 Å². The molecule has 10 nitrogen and oxygen atoms in total. The van der Waals surface area contributed by atoms with Crippen LogP contribution < -0.4 is 21.3 Å². The fraction of sp³-hybridized carbons (Fsp3) is 0.333. The van der Waals surface area contributed by atoms with E-state index in [9.17, 15) is 9.59 Å². The van der Waals surface area contributed by atoms with Gasteiger partial charge in [0.25, 0.3) is 11.8 Å². The van der Waals surface area contributed by atoms with Crippen molar-refractivity contribution >= 4 is 56.8 Å². The van der Waals surface area contributed by atoms with Crippen LogP contribution in [0.3, 0.4) is 0 Å². The third kappa shape index (κ3) is 4.14. The molecule has 2 aliphatic rings. The lowest BCUT2D eigenvalue weighted by atomic mass is 9.80. The molecular formula is C24H27BrN8O2. The summed E-state index contributed by atoms with van der Waals surface area (Å²) in [6, 6.07) is 10.4. The van der Waals surface area contributed by atoms with Gasteiger partial charge in [0.1, 0.15) is 0 Å². The normalized spacial score (nSPS) is 22.4. The van der Waals surface area contributed by atoms with E-state index in [0.29, 0.717) is 5.56 Å². The number of primary amides is 1. The van der Waals surface area contributed by atoms with Gasteiger partial charge in [-0.05, 0) is 55.4 Å². The molecule has 0 aliphatic carbocycles. The second-order valence-corrected chi connectivity index (χ2v) is 9.94. The predicted octanol–water partition coefficient (Wildman–Crippen LogP) is 1.71. The maximum absolute atomic E-state index is 13.4. The summed E-state index contributed by atoms with van der Waals surface area (Å²) in [5.74, 6) is -0.910. The zero-order chi connectivity index (χ0) is 24.7. The summed E-state index contributed by atoms with van der Waals surface area (Å²) < 4.78 is 0.764. The molecule has 2 aliphatic heterocycles. The number of hydrogen-bond acceptors (Lipinski definition) is 7. The number of halogens is 1. The number of hydrogen-bond donors (Lipinski definition) is 4. The number of carbonyl (C=O) groups excluding carboxylic acids is 2. The van der Waals surface area contributed by atoms with Crippen LogP contribution in [-0.2, 0) is 15.1 Å². The number of nitrogens with one attached hydrogen (secondary N) is 3. The number of likely N-dealkylation sites (N-methyl/N-ethyl adjacent to an activating group) is 1. The molecule has 0 saturated carbocycles. The van der Waals surface area contributed by atoms with Crippen molar-refractivity contribution in [3.63, 3.8) is 0 Å². The van der Waals surface area contributed by atoms with Crippen molar-refractivity contribution in [3.05, 3.63) is 52.0 Å². The number of fused-ring (bicyclic) bond motifs is 1. The van der Waals surface area contributed by atoms with Gasteiger partial charge < -0.3 is 25.8 Å². The topological polar surface area (TPSA) is 132 Å². The average molecular weight is 539 g/mol. The molecule has 182 valence electrons. The van der Waals surface area contributed by atoms with Crippen LogP contribution in [-0.4, -0.2) is 72.3 Å². The molecule has 11 heteroatoms. The highest BCUT2D eigenvalue weighted by atomic mass is 79.9. The molecule has 5 N–H and O–H groups in total. The second kappa shape index (κ2) is 8.97. The number of piperazine rings is 1. The molecule has 1 fully saturated rings. The zero-order valence-corrected chi connectivity index (χ0v) is 21.1. The minimum atomic E-state index is -1.52. The van der Waals surface area contributed by atoms with Gasteiger partial charge in [-0.2, -0.15) is 0 Å². The van der Waals surface area contributed by atoms with Gasteiger partial charge in [-0.1, -0.05) is 22.0 Å². The summed E-state index contributed by atoms with van der Waals surface area (Å²) in [6.07, 6.45) is 1.36. The zero-order valence-electron chi connectivity index (χ0n) is 19.5. The standard InChI is InChI=1S/C24H27BrN8O2/c1-14-3-4-15(25)11-17(14)24(22(26)35)20(27-13-28-24)21(34)31-23-29-18-6-5-16(12-19(18)30-23)33-9-7-32(2)8-10-33/h3-6,11-13,20H,7-10H2,1-2H3,(H2,26,35)(H,27,28)(H2,29,30,31,34). The van der Waals surface area contributed by atoms with Crippen LogP contribution in [0.2, 0.25) is 0 Å². The molecule has 0 spiro atoms. The lowest BCUT2D eigenvalue weighted by molar-refractivity contribution is -0.129. The molecule has 0 bridgehead atoms. The summed E-state index contributed by atoms with van der Waals surface area (Å²) >= 11 is 3.44. The number of aromatic amines is 1. The Morgan fingerprint density at radius 2 is 1.94 bits per heavy atom. The van der Waals surface area contributed by atoms with Gasteiger partial charge in [0.15, 0.2) is 11.6 Å². The fourth-order valence-corrected chi connectivity index (χ4v) is 5.12. The van der Waals surface area contributed by atoms with Gasteiger partial charge in [0.2, 0.25) is 5.95 Å². The number of carbonyl (C=O) groups is 2. The van der Waals surface area contributed by atoms with Gasteiger partial charge in [0.05, 0.1) is 17.4 Å². The first kappa shape index (κ1) is 23.3. The summed E-state index contributed by atoms with van der Waals surface area (Å²) in [5.41, 5.74) is 8.38. The first-order valence-corrected chi connectivity index (χ1v) is 12.2. The molecule has 3 heterocycles. The molecule has 0 radical (unpaired) electrons. The summed E-state index contributed by atoms with van der Waals surface area (Å²) in [4.78, 5) is 42.7.